The molecule has 1 aliphatic rings. The quantitative estimate of drug-likeness (QED) is 0.169. The number of benzene rings is 9. The third kappa shape index (κ3) is 5.33. The Balaban J connectivity index is 0.949. The molecule has 12 rings (SSSR count). The fourth-order valence-electron chi connectivity index (χ4n) is 8.89. The zero-order valence-electron chi connectivity index (χ0n) is 31.9. The van der Waals surface area contributed by atoms with Crippen LogP contribution >= 0.6 is 0 Å². The molecular formula is C54H35N3O2. The van der Waals surface area contributed by atoms with Gasteiger partial charge >= 0.3 is 0 Å². The predicted molar refractivity (Wildman–Crippen MR) is 243 cm³/mol. The number of fused-ring (bicyclic) bond motifs is 8. The van der Waals surface area contributed by atoms with E-state index < -0.39 is 0 Å². The Morgan fingerprint density at radius 3 is 1.78 bits per heavy atom. The Bertz CT molecular complexity index is 3330. The van der Waals surface area contributed by atoms with E-state index in [4.69, 9.17) is 9.15 Å². The molecule has 0 N–H and O–H groups in total. The lowest BCUT2D eigenvalue weighted by Gasteiger charge is -2.33. The summed E-state index contributed by atoms with van der Waals surface area (Å²) in [6, 6.07) is 74.7. The van der Waals surface area contributed by atoms with Crippen LogP contribution in [0, 0.1) is 0 Å². The van der Waals surface area contributed by atoms with Gasteiger partial charge in [-0.3, -0.25) is 0 Å². The van der Waals surface area contributed by atoms with E-state index in [1.165, 1.54) is 10.8 Å². The zero-order valence-corrected chi connectivity index (χ0v) is 31.9. The predicted octanol–water partition coefficient (Wildman–Crippen LogP) is 15.4. The summed E-state index contributed by atoms with van der Waals surface area (Å²) in [5.41, 5.74) is 13.6. The third-order valence-corrected chi connectivity index (χ3v) is 11.6. The molecule has 59 heavy (non-hydrogen) atoms. The average molecular weight is 758 g/mol. The maximum absolute atomic E-state index is 6.69. The Hall–Kier alpha value is -8.02. The molecule has 0 radical (unpaired) electrons. The van der Waals surface area contributed by atoms with Crippen LogP contribution in [0.4, 0.5) is 34.1 Å². The van der Waals surface area contributed by atoms with Crippen molar-refractivity contribution in [3.05, 3.63) is 212 Å². The summed E-state index contributed by atoms with van der Waals surface area (Å²) in [5.74, 6) is 1.62. The van der Waals surface area contributed by atoms with Crippen molar-refractivity contribution < 1.29 is 9.15 Å². The molecule has 3 heterocycles. The van der Waals surface area contributed by atoms with E-state index >= 15 is 0 Å². The van der Waals surface area contributed by atoms with Crippen molar-refractivity contribution in [1.82, 2.24) is 4.57 Å². The van der Waals surface area contributed by atoms with Crippen LogP contribution in [0.5, 0.6) is 11.5 Å². The number of para-hydroxylation sites is 7. The Morgan fingerprint density at radius 2 is 0.966 bits per heavy atom. The van der Waals surface area contributed by atoms with Gasteiger partial charge in [-0.25, -0.2) is 0 Å². The molecular weight excluding hydrogens is 723 g/mol. The first-order valence-corrected chi connectivity index (χ1v) is 19.9. The fraction of sp³-hybridized carbons (Fsp3) is 0. The van der Waals surface area contributed by atoms with Crippen LogP contribution in [0.3, 0.4) is 0 Å². The standard InChI is InChI=1S/C54H35N3O2/c1-3-14-38(15-4-1)55(39-16-5-2-6-17-39)40-28-30-41(31-29-40)56-48-22-10-12-25-52(48)58-53-35-37(27-33-49(53)56)36-26-32-47-45(34-36)42-18-7-9-21-46(42)57(47)50-23-13-20-44-43-19-8-11-24-51(43)59-54(44)50/h1-35H. The summed E-state index contributed by atoms with van der Waals surface area (Å²) in [5, 5.41) is 4.60. The molecule has 0 atom stereocenters. The molecule has 0 aliphatic carbocycles. The number of aromatic nitrogens is 1. The molecule has 0 saturated carbocycles. The molecule has 0 bridgehead atoms. The molecule has 0 saturated heterocycles. The molecule has 0 fully saturated rings. The van der Waals surface area contributed by atoms with Crippen LogP contribution < -0.4 is 14.5 Å². The highest BCUT2D eigenvalue weighted by molar-refractivity contribution is 6.13. The van der Waals surface area contributed by atoms with Crippen LogP contribution in [0.1, 0.15) is 0 Å². The molecule has 0 amide bonds. The number of ether oxygens (including phenoxy) is 1. The molecule has 5 heteroatoms. The molecule has 0 unspecified atom stereocenters. The molecule has 278 valence electrons. The van der Waals surface area contributed by atoms with E-state index in [1.54, 1.807) is 0 Å². The number of hydrogen-bond acceptors (Lipinski definition) is 4. The smallest absolute Gasteiger partial charge is 0.159 e. The van der Waals surface area contributed by atoms with Crippen molar-refractivity contribution >= 4 is 77.9 Å². The SMILES string of the molecule is c1ccc(N(c2ccccc2)c2ccc(N3c4ccccc4Oc4cc(-c5ccc6c(c5)c5ccccc5n6-c5cccc6c5oc5ccccc56)ccc43)cc2)cc1. The maximum Gasteiger partial charge on any atom is 0.159 e. The monoisotopic (exact) mass is 757 g/mol. The second kappa shape index (κ2) is 13.3. The van der Waals surface area contributed by atoms with Gasteiger partial charge in [0.1, 0.15) is 5.58 Å². The number of nitrogens with zero attached hydrogens (tertiary/aromatic N) is 3. The maximum atomic E-state index is 6.69. The van der Waals surface area contributed by atoms with Crippen LogP contribution in [-0.2, 0) is 0 Å². The number of furan rings is 1. The van der Waals surface area contributed by atoms with Crippen molar-refractivity contribution in [3.8, 4) is 28.3 Å². The van der Waals surface area contributed by atoms with Crippen LogP contribution in [0.25, 0.3) is 60.6 Å². The zero-order chi connectivity index (χ0) is 38.9. The third-order valence-electron chi connectivity index (χ3n) is 11.6. The van der Waals surface area contributed by atoms with E-state index in [0.717, 1.165) is 95.4 Å². The molecule has 11 aromatic rings. The molecule has 1 aliphatic heterocycles. The van der Waals surface area contributed by atoms with Crippen molar-refractivity contribution in [2.24, 2.45) is 0 Å². The average Bonchev–Trinajstić information content (AvgIpc) is 3.85. The minimum Gasteiger partial charge on any atom is -0.454 e. The van der Waals surface area contributed by atoms with Crippen molar-refractivity contribution in [1.29, 1.82) is 0 Å². The Morgan fingerprint density at radius 1 is 0.373 bits per heavy atom. The van der Waals surface area contributed by atoms with Gasteiger partial charge in [-0.1, -0.05) is 109 Å². The van der Waals surface area contributed by atoms with Gasteiger partial charge < -0.3 is 23.5 Å². The minimum absolute atomic E-state index is 0.805. The largest absolute Gasteiger partial charge is 0.454 e. The lowest BCUT2D eigenvalue weighted by Crippen LogP contribution is -2.16. The van der Waals surface area contributed by atoms with Crippen LogP contribution in [-0.4, -0.2) is 4.57 Å². The number of hydrogen-bond donors (Lipinski definition) is 0. The van der Waals surface area contributed by atoms with Crippen molar-refractivity contribution in [2.45, 2.75) is 0 Å². The van der Waals surface area contributed by atoms with Gasteiger partial charge in [-0.2, -0.15) is 0 Å². The van der Waals surface area contributed by atoms with Gasteiger partial charge in [0.05, 0.1) is 28.1 Å². The van der Waals surface area contributed by atoms with Crippen molar-refractivity contribution in [3.63, 3.8) is 0 Å². The molecule has 0 spiro atoms. The lowest BCUT2D eigenvalue weighted by molar-refractivity contribution is 0.477. The highest BCUT2D eigenvalue weighted by Gasteiger charge is 2.27. The second-order valence-corrected chi connectivity index (χ2v) is 14.9. The summed E-state index contributed by atoms with van der Waals surface area (Å²) in [6.45, 7) is 0. The lowest BCUT2D eigenvalue weighted by atomic mass is 10.0. The van der Waals surface area contributed by atoms with Gasteiger partial charge in [0.15, 0.2) is 17.1 Å². The van der Waals surface area contributed by atoms with Crippen LogP contribution in [0.2, 0.25) is 0 Å². The summed E-state index contributed by atoms with van der Waals surface area (Å²) >= 11 is 0. The molecule has 5 nitrogen and oxygen atoms in total. The second-order valence-electron chi connectivity index (χ2n) is 14.9. The summed E-state index contributed by atoms with van der Waals surface area (Å²) in [7, 11) is 0. The van der Waals surface area contributed by atoms with E-state index in [-0.39, 0.29) is 0 Å². The summed E-state index contributed by atoms with van der Waals surface area (Å²) in [6.07, 6.45) is 0. The highest BCUT2D eigenvalue weighted by Crippen LogP contribution is 2.52. The van der Waals surface area contributed by atoms with Gasteiger partial charge in [-0.05, 0) is 114 Å². The summed E-state index contributed by atoms with van der Waals surface area (Å²) in [4.78, 5) is 4.58. The van der Waals surface area contributed by atoms with E-state index in [9.17, 15) is 0 Å². The Kier molecular flexibility index (Phi) is 7.47. The fourth-order valence-corrected chi connectivity index (χ4v) is 8.89. The summed E-state index contributed by atoms with van der Waals surface area (Å²) < 4.78 is 15.6. The topological polar surface area (TPSA) is 33.8 Å². The first kappa shape index (κ1) is 33.2. The van der Waals surface area contributed by atoms with E-state index in [1.807, 2.05) is 24.3 Å². The first-order valence-electron chi connectivity index (χ1n) is 19.9. The van der Waals surface area contributed by atoms with Gasteiger partial charge in [0.2, 0.25) is 0 Å². The van der Waals surface area contributed by atoms with Crippen LogP contribution in [0.15, 0.2) is 217 Å². The van der Waals surface area contributed by atoms with Gasteiger partial charge in [0, 0.05) is 44.3 Å². The number of rotatable bonds is 6. The van der Waals surface area contributed by atoms with Gasteiger partial charge in [0.25, 0.3) is 0 Å². The van der Waals surface area contributed by atoms with Gasteiger partial charge in [-0.15, -0.1) is 0 Å². The molecule has 2 aromatic heterocycles. The molecule has 9 aromatic carbocycles. The van der Waals surface area contributed by atoms with Crippen molar-refractivity contribution in [2.75, 3.05) is 9.80 Å². The minimum atomic E-state index is 0.805. The van der Waals surface area contributed by atoms with E-state index in [2.05, 4.69) is 202 Å². The Labute approximate surface area is 340 Å². The normalized spacial score (nSPS) is 12.2. The first-order chi connectivity index (χ1) is 29.3. The highest BCUT2D eigenvalue weighted by atomic mass is 16.5. The van der Waals surface area contributed by atoms with E-state index in [0.29, 0.717) is 0 Å². The number of anilines is 6.